The van der Waals surface area contributed by atoms with Crippen LogP contribution in [-0.4, -0.2) is 30.1 Å². The van der Waals surface area contributed by atoms with Crippen molar-refractivity contribution in [3.05, 3.63) is 44.3 Å². The Morgan fingerprint density at radius 2 is 1.92 bits per heavy atom. The number of ether oxygens (including phenoxy) is 1. The summed E-state index contributed by atoms with van der Waals surface area (Å²) < 4.78 is 6.02. The molecule has 0 aliphatic carbocycles. The zero-order chi connectivity index (χ0) is 18.4. The van der Waals surface area contributed by atoms with Crippen LogP contribution in [0.4, 0.5) is 0 Å². The molecule has 0 aliphatic heterocycles. The first-order valence-corrected chi connectivity index (χ1v) is 9.84. The Morgan fingerprint density at radius 3 is 2.54 bits per heavy atom. The summed E-state index contributed by atoms with van der Waals surface area (Å²) in [5.74, 6) is -0.286. The SMILES string of the molecule is COC(=O)CCCC(O)C(Br)=CC=CC(=O)CCC=C(Br)C=CBr. The number of allylic oxidation sites excluding steroid dienone is 6. The van der Waals surface area contributed by atoms with E-state index in [1.165, 1.54) is 13.2 Å². The molecule has 0 heterocycles. The Kier molecular flexibility index (Phi) is 14.5. The zero-order valence-electron chi connectivity index (χ0n) is 13.4. The Hall–Kier alpha value is -0.500. The third kappa shape index (κ3) is 12.9. The van der Waals surface area contributed by atoms with Gasteiger partial charge in [0.1, 0.15) is 0 Å². The van der Waals surface area contributed by atoms with Gasteiger partial charge in [0, 0.05) is 21.8 Å². The van der Waals surface area contributed by atoms with E-state index in [-0.39, 0.29) is 18.2 Å². The van der Waals surface area contributed by atoms with E-state index in [1.54, 1.807) is 17.1 Å². The lowest BCUT2D eigenvalue weighted by atomic mass is 10.1. The minimum absolute atomic E-state index is 0.00565. The van der Waals surface area contributed by atoms with Crippen LogP contribution in [0.25, 0.3) is 0 Å². The second kappa shape index (κ2) is 14.8. The topological polar surface area (TPSA) is 63.6 Å². The summed E-state index contributed by atoms with van der Waals surface area (Å²) in [6.07, 6.45) is 10.1. The zero-order valence-corrected chi connectivity index (χ0v) is 18.1. The van der Waals surface area contributed by atoms with Gasteiger partial charge in [-0.25, -0.2) is 0 Å². The van der Waals surface area contributed by atoms with Crippen molar-refractivity contribution in [3.8, 4) is 0 Å². The molecule has 24 heavy (non-hydrogen) atoms. The molecule has 0 bridgehead atoms. The van der Waals surface area contributed by atoms with Crippen LogP contribution < -0.4 is 0 Å². The molecule has 134 valence electrons. The minimum Gasteiger partial charge on any atom is -0.469 e. The minimum atomic E-state index is -0.704. The molecule has 0 aromatic carbocycles. The number of rotatable bonds is 11. The molecule has 7 heteroatoms. The number of esters is 1. The highest BCUT2D eigenvalue weighted by Crippen LogP contribution is 2.17. The van der Waals surface area contributed by atoms with Crippen molar-refractivity contribution in [2.45, 2.75) is 38.2 Å². The molecule has 1 N–H and O–H groups in total. The number of carbonyl (C=O) groups excluding carboxylic acids is 2. The number of methoxy groups -OCH3 is 1. The number of aliphatic hydroxyl groups excluding tert-OH is 1. The van der Waals surface area contributed by atoms with Crippen LogP contribution in [0.3, 0.4) is 0 Å². The second-order valence-electron chi connectivity index (χ2n) is 4.78. The average molecular weight is 529 g/mol. The van der Waals surface area contributed by atoms with E-state index in [0.29, 0.717) is 30.2 Å². The van der Waals surface area contributed by atoms with E-state index in [1.807, 2.05) is 12.2 Å². The van der Waals surface area contributed by atoms with Crippen LogP contribution in [0.1, 0.15) is 32.1 Å². The molecule has 0 saturated heterocycles. The van der Waals surface area contributed by atoms with E-state index in [2.05, 4.69) is 52.5 Å². The standard InChI is InChI=1S/C17H21Br3O4/c1-24-17(23)10-4-9-16(22)15(20)8-3-7-14(21)6-2-5-13(19)11-12-18/h3,5,7-8,11-12,16,22H,2,4,6,9-10H2,1H3. The number of hydrogen-bond acceptors (Lipinski definition) is 4. The Bertz CT molecular complexity index is 522. The first-order chi connectivity index (χ1) is 11.4. The molecular formula is C17H21Br3O4. The molecular weight excluding hydrogens is 508 g/mol. The van der Waals surface area contributed by atoms with Gasteiger partial charge in [-0.1, -0.05) is 59.9 Å². The highest BCUT2D eigenvalue weighted by Gasteiger charge is 2.09. The predicted molar refractivity (Wildman–Crippen MR) is 107 cm³/mol. The maximum absolute atomic E-state index is 11.7. The van der Waals surface area contributed by atoms with Gasteiger partial charge in [0.25, 0.3) is 0 Å². The van der Waals surface area contributed by atoms with Crippen LogP contribution in [0.5, 0.6) is 0 Å². The van der Waals surface area contributed by atoms with Crippen molar-refractivity contribution < 1.29 is 19.4 Å². The Morgan fingerprint density at radius 1 is 1.21 bits per heavy atom. The highest BCUT2D eigenvalue weighted by molar-refractivity contribution is 9.12. The van der Waals surface area contributed by atoms with E-state index < -0.39 is 6.10 Å². The molecule has 0 aromatic heterocycles. The van der Waals surface area contributed by atoms with Crippen LogP contribution in [0.2, 0.25) is 0 Å². The lowest BCUT2D eigenvalue weighted by molar-refractivity contribution is -0.140. The lowest BCUT2D eigenvalue weighted by Crippen LogP contribution is -2.08. The molecule has 4 nitrogen and oxygen atoms in total. The molecule has 0 radical (unpaired) electrons. The number of hydrogen-bond donors (Lipinski definition) is 1. The third-order valence-corrected chi connectivity index (χ3v) is 4.54. The average Bonchev–Trinajstić information content (AvgIpc) is 2.54. The van der Waals surface area contributed by atoms with Crippen molar-refractivity contribution in [1.29, 1.82) is 0 Å². The van der Waals surface area contributed by atoms with Crippen LogP contribution in [-0.2, 0) is 14.3 Å². The van der Waals surface area contributed by atoms with Crippen molar-refractivity contribution in [2.75, 3.05) is 7.11 Å². The van der Waals surface area contributed by atoms with Gasteiger partial charge < -0.3 is 9.84 Å². The molecule has 0 rings (SSSR count). The van der Waals surface area contributed by atoms with Gasteiger partial charge in [0.05, 0.1) is 13.2 Å². The number of ketones is 1. The highest BCUT2D eigenvalue weighted by atomic mass is 79.9. The lowest BCUT2D eigenvalue weighted by Gasteiger charge is -2.08. The third-order valence-electron chi connectivity index (χ3n) is 2.89. The smallest absolute Gasteiger partial charge is 0.305 e. The van der Waals surface area contributed by atoms with Gasteiger partial charge in [-0.3, -0.25) is 9.59 Å². The van der Waals surface area contributed by atoms with E-state index >= 15 is 0 Å². The predicted octanol–water partition coefficient (Wildman–Crippen LogP) is 5.06. The largest absolute Gasteiger partial charge is 0.469 e. The van der Waals surface area contributed by atoms with E-state index in [4.69, 9.17) is 0 Å². The first-order valence-electron chi connectivity index (χ1n) is 7.34. The second-order valence-corrected chi connectivity index (χ2v) is 7.14. The Balaban J connectivity index is 4.19. The van der Waals surface area contributed by atoms with E-state index in [9.17, 15) is 14.7 Å². The fourth-order valence-corrected chi connectivity index (χ4v) is 2.98. The normalized spacial score (nSPS) is 14.4. The van der Waals surface area contributed by atoms with Crippen molar-refractivity contribution >= 4 is 59.5 Å². The monoisotopic (exact) mass is 526 g/mol. The summed E-state index contributed by atoms with van der Waals surface area (Å²) in [7, 11) is 1.34. The fraction of sp³-hybridized carbons (Fsp3) is 0.412. The number of aliphatic hydroxyl groups is 1. The van der Waals surface area contributed by atoms with Crippen LogP contribution >= 0.6 is 47.8 Å². The van der Waals surface area contributed by atoms with Crippen LogP contribution in [0, 0.1) is 0 Å². The Labute approximate surface area is 168 Å². The number of halogens is 3. The summed E-state index contributed by atoms with van der Waals surface area (Å²) in [4.78, 5) is 24.4. The van der Waals surface area contributed by atoms with Crippen molar-refractivity contribution in [3.63, 3.8) is 0 Å². The molecule has 0 fully saturated rings. The molecule has 0 aromatic rings. The van der Waals surface area contributed by atoms with Gasteiger partial charge in [-0.05, 0) is 42.5 Å². The van der Waals surface area contributed by atoms with Gasteiger partial charge in [-0.15, -0.1) is 0 Å². The van der Waals surface area contributed by atoms with Gasteiger partial charge in [0.2, 0.25) is 0 Å². The molecule has 0 spiro atoms. The molecule has 0 amide bonds. The molecule has 1 unspecified atom stereocenters. The van der Waals surface area contributed by atoms with Gasteiger partial charge in [0.15, 0.2) is 5.78 Å². The summed E-state index contributed by atoms with van der Waals surface area (Å²) >= 11 is 9.80. The summed E-state index contributed by atoms with van der Waals surface area (Å²) in [5, 5.41) is 9.91. The molecule has 0 saturated carbocycles. The van der Waals surface area contributed by atoms with E-state index in [0.717, 1.165) is 4.48 Å². The first kappa shape index (κ1) is 23.5. The number of carbonyl (C=O) groups is 2. The molecule has 0 aliphatic rings. The van der Waals surface area contributed by atoms with Crippen molar-refractivity contribution in [1.82, 2.24) is 0 Å². The maximum atomic E-state index is 11.7. The van der Waals surface area contributed by atoms with Crippen molar-refractivity contribution in [2.24, 2.45) is 0 Å². The summed E-state index contributed by atoms with van der Waals surface area (Å²) in [6.45, 7) is 0. The summed E-state index contributed by atoms with van der Waals surface area (Å²) in [5.41, 5.74) is 0. The molecule has 1 atom stereocenters. The fourth-order valence-electron chi connectivity index (χ4n) is 1.60. The maximum Gasteiger partial charge on any atom is 0.305 e. The van der Waals surface area contributed by atoms with Gasteiger partial charge in [-0.2, -0.15) is 0 Å². The summed E-state index contributed by atoms with van der Waals surface area (Å²) in [6, 6.07) is 0. The van der Waals surface area contributed by atoms with Gasteiger partial charge >= 0.3 is 5.97 Å². The van der Waals surface area contributed by atoms with Crippen LogP contribution in [0.15, 0.2) is 44.3 Å². The quantitative estimate of drug-likeness (QED) is 0.231.